The van der Waals surface area contributed by atoms with Gasteiger partial charge in [0.1, 0.15) is 5.82 Å². The van der Waals surface area contributed by atoms with Crippen LogP contribution in [0.5, 0.6) is 0 Å². The van der Waals surface area contributed by atoms with Gasteiger partial charge in [0.25, 0.3) is 5.91 Å². The van der Waals surface area contributed by atoms with Crippen LogP contribution in [-0.2, 0) is 4.79 Å². The van der Waals surface area contributed by atoms with Gasteiger partial charge < -0.3 is 15.5 Å². The average molecular weight is 497 g/mol. The van der Waals surface area contributed by atoms with Crippen molar-refractivity contribution in [2.24, 2.45) is 4.99 Å². The molecule has 0 spiro atoms. The molecule has 2 N–H and O–H groups in total. The van der Waals surface area contributed by atoms with E-state index in [1.165, 1.54) is 11.0 Å². The fraction of sp³-hybridized carbons (Fsp3) is 0.143. The van der Waals surface area contributed by atoms with Crippen molar-refractivity contribution in [2.75, 3.05) is 17.3 Å². The Bertz CT molecular complexity index is 1530. The summed E-state index contributed by atoms with van der Waals surface area (Å²) in [5.74, 6) is -0.923. The Balaban J connectivity index is 1.41. The van der Waals surface area contributed by atoms with Gasteiger partial charge in [-0.2, -0.15) is 5.10 Å². The number of carbonyl (C=O) groups excluding carboxylic acids is 2. The molecule has 0 saturated carbocycles. The molecule has 0 saturated heterocycles. The summed E-state index contributed by atoms with van der Waals surface area (Å²) >= 11 is 0. The Morgan fingerprint density at radius 1 is 0.946 bits per heavy atom. The zero-order valence-corrected chi connectivity index (χ0v) is 20.6. The van der Waals surface area contributed by atoms with E-state index in [2.05, 4.69) is 20.7 Å². The van der Waals surface area contributed by atoms with Crippen LogP contribution >= 0.6 is 0 Å². The highest BCUT2D eigenvalue weighted by molar-refractivity contribution is 6.20. The van der Waals surface area contributed by atoms with Crippen molar-refractivity contribution in [1.82, 2.24) is 15.1 Å². The van der Waals surface area contributed by atoms with E-state index in [1.54, 1.807) is 61.6 Å². The zero-order chi connectivity index (χ0) is 26.1. The molecular weight excluding hydrogens is 471 g/mol. The first-order chi connectivity index (χ1) is 17.8. The van der Waals surface area contributed by atoms with Crippen LogP contribution in [0.15, 0.2) is 83.9 Å². The maximum absolute atomic E-state index is 14.8. The number of rotatable bonds is 4. The summed E-state index contributed by atoms with van der Waals surface area (Å²) in [4.78, 5) is 32.1. The van der Waals surface area contributed by atoms with Gasteiger partial charge in [0.2, 0.25) is 6.17 Å². The molecule has 9 heteroatoms. The van der Waals surface area contributed by atoms with Gasteiger partial charge in [0.05, 0.1) is 22.8 Å². The molecule has 1 aliphatic rings. The highest BCUT2D eigenvalue weighted by atomic mass is 19.1. The number of likely N-dealkylation sites (N-methyl/N-ethyl adjacent to an activating group) is 1. The number of hydrogen-bond donors (Lipinski definition) is 2. The van der Waals surface area contributed by atoms with Gasteiger partial charge >= 0.3 is 6.03 Å². The van der Waals surface area contributed by atoms with E-state index in [9.17, 15) is 14.0 Å². The molecule has 186 valence electrons. The number of amides is 3. The van der Waals surface area contributed by atoms with Crippen LogP contribution in [0.2, 0.25) is 0 Å². The summed E-state index contributed by atoms with van der Waals surface area (Å²) < 4.78 is 16.6. The van der Waals surface area contributed by atoms with Crippen molar-refractivity contribution < 1.29 is 14.0 Å². The number of benzodiazepines with no additional fused rings is 1. The molecule has 2 heterocycles. The summed E-state index contributed by atoms with van der Waals surface area (Å²) in [5, 5.41) is 9.83. The van der Waals surface area contributed by atoms with Crippen LogP contribution < -0.4 is 15.5 Å². The molecule has 3 amide bonds. The molecule has 3 aromatic carbocycles. The second-order valence-electron chi connectivity index (χ2n) is 8.76. The minimum Gasteiger partial charge on any atom is -0.311 e. The quantitative estimate of drug-likeness (QED) is 0.433. The van der Waals surface area contributed by atoms with Gasteiger partial charge in [-0.3, -0.25) is 4.79 Å². The monoisotopic (exact) mass is 496 g/mol. The molecule has 1 aliphatic heterocycles. The largest absolute Gasteiger partial charge is 0.321 e. The van der Waals surface area contributed by atoms with Crippen molar-refractivity contribution in [1.29, 1.82) is 0 Å². The Morgan fingerprint density at radius 3 is 2.30 bits per heavy atom. The number of benzene rings is 3. The minimum atomic E-state index is -1.26. The first-order valence-electron chi connectivity index (χ1n) is 11.7. The number of fused-ring (bicyclic) bond motifs is 1. The third-order valence-corrected chi connectivity index (χ3v) is 6.12. The van der Waals surface area contributed by atoms with Crippen LogP contribution in [0.25, 0.3) is 5.69 Å². The zero-order valence-electron chi connectivity index (χ0n) is 20.6. The number of nitrogens with zero attached hydrogens (tertiary/aromatic N) is 4. The van der Waals surface area contributed by atoms with Gasteiger partial charge in [-0.15, -0.1) is 0 Å². The van der Waals surface area contributed by atoms with Crippen LogP contribution in [0.3, 0.4) is 0 Å². The fourth-order valence-electron chi connectivity index (χ4n) is 4.35. The van der Waals surface area contributed by atoms with Gasteiger partial charge in [0, 0.05) is 29.6 Å². The summed E-state index contributed by atoms with van der Waals surface area (Å²) in [6.45, 7) is 3.89. The summed E-state index contributed by atoms with van der Waals surface area (Å²) in [6, 6.07) is 21.9. The number of aliphatic imine (C=N–C) groups is 1. The van der Waals surface area contributed by atoms with Crippen molar-refractivity contribution >= 4 is 29.0 Å². The number of aryl methyl sites for hydroxylation is 2. The number of aromatic nitrogens is 2. The molecule has 5 rings (SSSR count). The second kappa shape index (κ2) is 9.69. The number of carbonyl (C=O) groups is 2. The summed E-state index contributed by atoms with van der Waals surface area (Å²) in [7, 11) is 1.60. The number of hydrogen-bond acceptors (Lipinski definition) is 4. The van der Waals surface area contributed by atoms with Gasteiger partial charge in [-0.25, -0.2) is 18.9 Å². The summed E-state index contributed by atoms with van der Waals surface area (Å²) in [6.07, 6.45) is -1.26. The number of nitrogens with one attached hydrogen (secondary N) is 2. The SMILES string of the molecule is Cc1cc(C)n(-c2ccc(NC(=O)NC3N=C(c4ccccc4F)c4ccccc4N(C)C3=O)cc2)n1. The lowest BCUT2D eigenvalue weighted by molar-refractivity contribution is -0.119. The van der Waals surface area contributed by atoms with E-state index in [4.69, 9.17) is 0 Å². The van der Waals surface area contributed by atoms with E-state index >= 15 is 0 Å². The minimum absolute atomic E-state index is 0.241. The van der Waals surface area contributed by atoms with Crippen LogP contribution in [0.1, 0.15) is 22.5 Å². The molecule has 0 radical (unpaired) electrons. The topological polar surface area (TPSA) is 91.6 Å². The Labute approximate surface area is 213 Å². The fourth-order valence-corrected chi connectivity index (χ4v) is 4.35. The Hall–Kier alpha value is -4.79. The van der Waals surface area contributed by atoms with Gasteiger partial charge in [-0.1, -0.05) is 30.3 Å². The normalized spacial score (nSPS) is 15.0. The van der Waals surface area contributed by atoms with Crippen LogP contribution in [0, 0.1) is 19.7 Å². The van der Waals surface area contributed by atoms with E-state index in [0.29, 0.717) is 16.9 Å². The van der Waals surface area contributed by atoms with Crippen LogP contribution in [-0.4, -0.2) is 40.6 Å². The molecule has 0 fully saturated rings. The van der Waals surface area contributed by atoms with Crippen LogP contribution in [0.4, 0.5) is 20.6 Å². The number of anilines is 2. The number of urea groups is 1. The smallest absolute Gasteiger partial charge is 0.311 e. The summed E-state index contributed by atoms with van der Waals surface area (Å²) in [5.41, 5.74) is 4.97. The van der Waals surface area contributed by atoms with E-state index in [-0.39, 0.29) is 11.3 Å². The first kappa shape index (κ1) is 23.9. The second-order valence-corrected chi connectivity index (χ2v) is 8.76. The van der Waals surface area contributed by atoms with E-state index in [1.807, 2.05) is 36.7 Å². The molecule has 0 bridgehead atoms. The highest BCUT2D eigenvalue weighted by Gasteiger charge is 2.31. The van der Waals surface area contributed by atoms with Crippen molar-refractivity contribution in [3.8, 4) is 5.69 Å². The van der Waals surface area contributed by atoms with Gasteiger partial charge in [-0.05, 0) is 62.4 Å². The maximum atomic E-state index is 14.8. The lowest BCUT2D eigenvalue weighted by Crippen LogP contribution is -2.47. The van der Waals surface area contributed by atoms with Crippen molar-refractivity contribution in [3.05, 3.63) is 107 Å². The van der Waals surface area contributed by atoms with Crippen molar-refractivity contribution in [3.63, 3.8) is 0 Å². The average Bonchev–Trinajstić information content (AvgIpc) is 3.19. The molecule has 1 unspecified atom stereocenters. The van der Waals surface area contributed by atoms with Crippen molar-refractivity contribution in [2.45, 2.75) is 20.0 Å². The molecule has 1 aromatic heterocycles. The molecule has 0 aliphatic carbocycles. The molecular formula is C28H25FN6O2. The predicted molar refractivity (Wildman–Crippen MR) is 141 cm³/mol. The Kier molecular flexibility index (Phi) is 6.27. The number of para-hydroxylation sites is 1. The molecule has 37 heavy (non-hydrogen) atoms. The molecule has 4 aromatic rings. The lowest BCUT2D eigenvalue weighted by atomic mass is 10.00. The standard InChI is InChI=1S/C28H25FN6O2/c1-17-16-18(2)35(33-17)20-14-12-19(13-15-20)30-28(37)32-26-27(36)34(3)24-11-7-5-9-22(24)25(31-26)21-8-4-6-10-23(21)29/h4-16,26H,1-3H3,(H2,30,32,37). The van der Waals surface area contributed by atoms with E-state index < -0.39 is 23.9 Å². The first-order valence-corrected chi connectivity index (χ1v) is 11.7. The third kappa shape index (κ3) is 4.71. The molecule has 1 atom stereocenters. The molecule has 8 nitrogen and oxygen atoms in total. The predicted octanol–water partition coefficient (Wildman–Crippen LogP) is 4.59. The lowest BCUT2D eigenvalue weighted by Gasteiger charge is -2.21. The highest BCUT2D eigenvalue weighted by Crippen LogP contribution is 2.28. The third-order valence-electron chi connectivity index (χ3n) is 6.12. The number of halogens is 1. The van der Waals surface area contributed by atoms with Gasteiger partial charge in [0.15, 0.2) is 0 Å². The Morgan fingerprint density at radius 2 is 1.62 bits per heavy atom. The van der Waals surface area contributed by atoms with E-state index in [0.717, 1.165) is 17.1 Å². The maximum Gasteiger partial charge on any atom is 0.321 e.